The Morgan fingerprint density at radius 3 is 3.00 bits per heavy atom. The predicted octanol–water partition coefficient (Wildman–Crippen LogP) is 1.05. The molecule has 0 unspecified atom stereocenters. The predicted molar refractivity (Wildman–Crippen MR) is 42.6 cm³/mol. The van der Waals surface area contributed by atoms with E-state index >= 15 is 0 Å². The van der Waals surface area contributed by atoms with Gasteiger partial charge in [-0.3, -0.25) is 0 Å². The highest BCUT2D eigenvalue weighted by Crippen LogP contribution is 2.11. The molecular weight excluding hydrogens is 180 g/mol. The molecule has 0 spiro atoms. The fourth-order valence-electron chi connectivity index (χ4n) is 0.717. The van der Waals surface area contributed by atoms with Crippen LogP contribution in [0.2, 0.25) is 5.15 Å². The van der Waals surface area contributed by atoms with Crippen LogP contribution in [0.3, 0.4) is 0 Å². The summed E-state index contributed by atoms with van der Waals surface area (Å²) in [7, 11) is 1.49. The minimum Gasteiger partial charge on any atom is -0.383 e. The molecule has 1 rings (SSSR count). The molecule has 12 heavy (non-hydrogen) atoms. The fourth-order valence-corrected chi connectivity index (χ4v) is 0.920. The zero-order valence-electron chi connectivity index (χ0n) is 6.45. The van der Waals surface area contributed by atoms with Gasteiger partial charge in [-0.05, 0) is 12.1 Å². The molecule has 1 heterocycles. The summed E-state index contributed by atoms with van der Waals surface area (Å²) in [6.45, 7) is 0.0586. The van der Waals surface area contributed by atoms with E-state index in [-0.39, 0.29) is 6.79 Å². The molecule has 1 aromatic heterocycles. The quantitative estimate of drug-likeness (QED) is 0.663. The topological polar surface area (TPSA) is 47.2 Å². The first-order chi connectivity index (χ1) is 5.79. The Bertz CT molecular complexity index is 303. The average Bonchev–Trinajstić information content (AvgIpc) is 2.43. The Hall–Kier alpha value is -1.18. The van der Waals surface area contributed by atoms with Crippen molar-refractivity contribution >= 4 is 11.6 Å². The number of hydrogen-bond acceptors (Lipinski definition) is 3. The second-order valence-corrected chi connectivity index (χ2v) is 2.37. The lowest BCUT2D eigenvalue weighted by Crippen LogP contribution is -2.15. The van der Waals surface area contributed by atoms with Crippen molar-refractivity contribution in [2.75, 3.05) is 13.9 Å². The summed E-state index contributed by atoms with van der Waals surface area (Å²) < 4.78 is 5.87. The van der Waals surface area contributed by atoms with Crippen LogP contribution in [0.5, 0.6) is 0 Å². The number of hydrogen-bond donors (Lipinski definition) is 0. The number of nitrogens with zero attached hydrogens (tertiary/aromatic N) is 2. The summed E-state index contributed by atoms with van der Waals surface area (Å²) in [5.41, 5.74) is 0.344. The maximum atomic E-state index is 8.58. The van der Waals surface area contributed by atoms with E-state index in [1.807, 2.05) is 6.07 Å². The van der Waals surface area contributed by atoms with E-state index in [4.69, 9.17) is 21.7 Å². The average molecular weight is 187 g/mol. The minimum absolute atomic E-state index is 0.0586. The van der Waals surface area contributed by atoms with Gasteiger partial charge in [0.25, 0.3) is 0 Å². The first-order valence-corrected chi connectivity index (χ1v) is 3.57. The number of aromatic nitrogens is 1. The largest absolute Gasteiger partial charge is 0.383 e. The number of halogens is 1. The molecular formula is C7H7ClN2O2. The SMILES string of the molecule is COCOn1c(Cl)ccc1C#N. The van der Waals surface area contributed by atoms with Crippen LogP contribution in [-0.4, -0.2) is 18.6 Å². The summed E-state index contributed by atoms with van der Waals surface area (Å²) in [6, 6.07) is 5.07. The minimum atomic E-state index is 0.0586. The highest BCUT2D eigenvalue weighted by atomic mass is 35.5. The first kappa shape index (κ1) is 8.91. The normalized spacial score (nSPS) is 9.42. The number of methoxy groups -OCH3 is 1. The van der Waals surface area contributed by atoms with Gasteiger partial charge in [-0.1, -0.05) is 11.6 Å². The van der Waals surface area contributed by atoms with Crippen molar-refractivity contribution in [3.8, 4) is 6.07 Å². The van der Waals surface area contributed by atoms with Gasteiger partial charge in [0, 0.05) is 7.11 Å². The number of rotatable bonds is 3. The van der Waals surface area contributed by atoms with Crippen LogP contribution in [0.1, 0.15) is 5.69 Å². The summed E-state index contributed by atoms with van der Waals surface area (Å²) in [5, 5.41) is 8.93. The van der Waals surface area contributed by atoms with Crippen molar-refractivity contribution in [1.29, 1.82) is 5.26 Å². The monoisotopic (exact) mass is 186 g/mol. The first-order valence-electron chi connectivity index (χ1n) is 3.19. The van der Waals surface area contributed by atoms with E-state index < -0.39 is 0 Å². The van der Waals surface area contributed by atoms with Gasteiger partial charge in [-0.25, -0.2) is 0 Å². The maximum absolute atomic E-state index is 8.58. The molecule has 0 N–H and O–H groups in total. The molecule has 0 amide bonds. The molecule has 0 atom stereocenters. The zero-order valence-corrected chi connectivity index (χ0v) is 7.21. The molecule has 1 aromatic rings. The van der Waals surface area contributed by atoms with Crippen molar-refractivity contribution in [2.24, 2.45) is 0 Å². The van der Waals surface area contributed by atoms with Gasteiger partial charge in [0.05, 0.1) is 0 Å². The van der Waals surface area contributed by atoms with E-state index in [9.17, 15) is 0 Å². The smallest absolute Gasteiger partial charge is 0.214 e. The van der Waals surface area contributed by atoms with Crippen LogP contribution in [0.4, 0.5) is 0 Å². The van der Waals surface area contributed by atoms with Crippen LogP contribution >= 0.6 is 11.6 Å². The molecule has 0 aromatic carbocycles. The maximum Gasteiger partial charge on any atom is 0.214 e. The van der Waals surface area contributed by atoms with Crippen molar-refractivity contribution in [3.05, 3.63) is 23.0 Å². The van der Waals surface area contributed by atoms with Crippen molar-refractivity contribution in [3.63, 3.8) is 0 Å². The van der Waals surface area contributed by atoms with Crippen LogP contribution < -0.4 is 4.84 Å². The summed E-state index contributed by atoms with van der Waals surface area (Å²) >= 11 is 5.69. The van der Waals surface area contributed by atoms with E-state index in [0.717, 1.165) is 0 Å². The van der Waals surface area contributed by atoms with Gasteiger partial charge in [-0.15, -0.1) is 0 Å². The molecule has 4 nitrogen and oxygen atoms in total. The van der Waals surface area contributed by atoms with E-state index in [2.05, 4.69) is 4.74 Å². The van der Waals surface area contributed by atoms with Crippen LogP contribution in [0.25, 0.3) is 0 Å². The highest BCUT2D eigenvalue weighted by molar-refractivity contribution is 6.29. The Balaban J connectivity index is 2.81. The summed E-state index contributed by atoms with van der Waals surface area (Å²) in [6.07, 6.45) is 0. The summed E-state index contributed by atoms with van der Waals surface area (Å²) in [5.74, 6) is 0. The molecule has 0 fully saturated rings. The molecule has 0 radical (unpaired) electrons. The van der Waals surface area contributed by atoms with E-state index in [1.54, 1.807) is 12.1 Å². The van der Waals surface area contributed by atoms with Gasteiger partial charge in [0.1, 0.15) is 11.2 Å². The zero-order chi connectivity index (χ0) is 8.97. The second-order valence-electron chi connectivity index (χ2n) is 1.98. The third-order valence-electron chi connectivity index (χ3n) is 1.21. The standard InChI is InChI=1S/C7H7ClN2O2/c1-11-5-12-10-6(4-9)2-3-7(10)8/h2-3H,5H2,1H3. The number of nitriles is 1. The van der Waals surface area contributed by atoms with E-state index in [1.165, 1.54) is 11.8 Å². The second kappa shape index (κ2) is 4.00. The van der Waals surface area contributed by atoms with Gasteiger partial charge in [0.2, 0.25) is 6.79 Å². The van der Waals surface area contributed by atoms with Crippen LogP contribution in [0.15, 0.2) is 12.1 Å². The van der Waals surface area contributed by atoms with Crippen LogP contribution in [-0.2, 0) is 4.74 Å². The summed E-state index contributed by atoms with van der Waals surface area (Å²) in [4.78, 5) is 4.99. The van der Waals surface area contributed by atoms with Gasteiger partial charge in [0.15, 0.2) is 5.69 Å². The molecule has 0 saturated carbocycles. The molecule has 64 valence electrons. The molecule has 0 saturated heterocycles. The van der Waals surface area contributed by atoms with E-state index in [0.29, 0.717) is 10.8 Å². The van der Waals surface area contributed by atoms with Gasteiger partial charge in [-0.2, -0.15) is 9.99 Å². The Labute approximate surface area is 74.8 Å². The van der Waals surface area contributed by atoms with Crippen LogP contribution in [0, 0.1) is 11.3 Å². The molecule has 0 aliphatic heterocycles. The van der Waals surface area contributed by atoms with Crippen molar-refractivity contribution < 1.29 is 9.57 Å². The molecule has 5 heteroatoms. The Kier molecular flexibility index (Phi) is 2.97. The fraction of sp³-hybridized carbons (Fsp3) is 0.286. The molecule has 0 aliphatic carbocycles. The van der Waals surface area contributed by atoms with Gasteiger partial charge >= 0.3 is 0 Å². The lowest BCUT2D eigenvalue weighted by atomic mass is 10.5. The Morgan fingerprint density at radius 2 is 2.42 bits per heavy atom. The highest BCUT2D eigenvalue weighted by Gasteiger charge is 2.05. The molecule has 0 aliphatic rings. The third-order valence-corrected chi connectivity index (χ3v) is 1.49. The van der Waals surface area contributed by atoms with Gasteiger partial charge < -0.3 is 9.57 Å². The number of ether oxygens (including phenoxy) is 1. The van der Waals surface area contributed by atoms with Crippen molar-refractivity contribution in [1.82, 2.24) is 4.73 Å². The lowest BCUT2D eigenvalue weighted by molar-refractivity contribution is -0.0383. The Morgan fingerprint density at radius 1 is 1.67 bits per heavy atom. The third kappa shape index (κ3) is 1.70. The molecule has 0 bridgehead atoms. The lowest BCUT2D eigenvalue weighted by Gasteiger charge is -2.06. The van der Waals surface area contributed by atoms with Crippen molar-refractivity contribution in [2.45, 2.75) is 0 Å².